The van der Waals surface area contributed by atoms with Gasteiger partial charge in [0.1, 0.15) is 5.69 Å². The lowest BCUT2D eigenvalue weighted by Gasteiger charge is -2.14. The van der Waals surface area contributed by atoms with Crippen LogP contribution in [0.1, 0.15) is 33.3 Å². The lowest BCUT2D eigenvalue weighted by molar-refractivity contribution is 0.0794. The SMILES string of the molecule is C=C(C#N)CN1Cc2c(-c3ccc4[nH]nc(C(C)=O)c4c3)ccc(N)c2C1=O. The minimum Gasteiger partial charge on any atom is -0.398 e. The van der Waals surface area contributed by atoms with Crippen LogP contribution in [-0.4, -0.2) is 33.3 Å². The Hall–Kier alpha value is -3.92. The monoisotopic (exact) mass is 371 g/mol. The summed E-state index contributed by atoms with van der Waals surface area (Å²) >= 11 is 0. The number of nitriles is 1. The zero-order valence-corrected chi connectivity index (χ0v) is 15.2. The van der Waals surface area contributed by atoms with E-state index < -0.39 is 0 Å². The molecule has 0 unspecified atom stereocenters. The summed E-state index contributed by atoms with van der Waals surface area (Å²) in [5, 5.41) is 16.7. The van der Waals surface area contributed by atoms with Crippen LogP contribution in [0, 0.1) is 11.3 Å². The maximum atomic E-state index is 12.8. The fourth-order valence-corrected chi connectivity index (χ4v) is 3.62. The number of aromatic amines is 1. The van der Waals surface area contributed by atoms with Crippen LogP contribution in [0.25, 0.3) is 22.0 Å². The highest BCUT2D eigenvalue weighted by Gasteiger charge is 2.32. The summed E-state index contributed by atoms with van der Waals surface area (Å²) in [6, 6.07) is 11.2. The van der Waals surface area contributed by atoms with E-state index in [1.807, 2.05) is 30.3 Å². The van der Waals surface area contributed by atoms with E-state index in [0.717, 1.165) is 27.6 Å². The average Bonchev–Trinajstić information content (AvgIpc) is 3.23. The Bertz CT molecular complexity index is 1220. The van der Waals surface area contributed by atoms with Crippen LogP contribution in [0.15, 0.2) is 42.5 Å². The summed E-state index contributed by atoms with van der Waals surface area (Å²) in [6.45, 7) is 5.65. The highest BCUT2D eigenvalue weighted by molar-refractivity contribution is 6.07. The Kier molecular flexibility index (Phi) is 3.97. The Morgan fingerprint density at radius 3 is 2.89 bits per heavy atom. The molecular formula is C21H17N5O2. The van der Waals surface area contributed by atoms with E-state index in [-0.39, 0.29) is 18.2 Å². The molecule has 1 amide bonds. The van der Waals surface area contributed by atoms with E-state index in [1.54, 1.807) is 11.0 Å². The fraction of sp³-hybridized carbons (Fsp3) is 0.143. The van der Waals surface area contributed by atoms with Crippen molar-refractivity contribution in [2.24, 2.45) is 0 Å². The molecule has 1 aliphatic heterocycles. The molecule has 0 bridgehead atoms. The van der Waals surface area contributed by atoms with Crippen LogP contribution < -0.4 is 5.73 Å². The molecule has 1 aliphatic rings. The molecule has 0 saturated heterocycles. The first kappa shape index (κ1) is 17.5. The number of nitrogen functional groups attached to an aromatic ring is 1. The maximum Gasteiger partial charge on any atom is 0.256 e. The lowest BCUT2D eigenvalue weighted by atomic mass is 9.94. The smallest absolute Gasteiger partial charge is 0.256 e. The summed E-state index contributed by atoms with van der Waals surface area (Å²) in [7, 11) is 0. The Balaban J connectivity index is 1.84. The average molecular weight is 371 g/mol. The molecule has 138 valence electrons. The molecular weight excluding hydrogens is 354 g/mol. The molecule has 28 heavy (non-hydrogen) atoms. The van der Waals surface area contributed by atoms with Gasteiger partial charge in [-0.2, -0.15) is 10.4 Å². The zero-order valence-electron chi connectivity index (χ0n) is 15.2. The van der Waals surface area contributed by atoms with Gasteiger partial charge in [-0.05, 0) is 34.9 Å². The second-order valence-corrected chi connectivity index (χ2v) is 6.82. The number of benzene rings is 2. The largest absolute Gasteiger partial charge is 0.398 e. The number of hydrogen-bond acceptors (Lipinski definition) is 5. The van der Waals surface area contributed by atoms with Gasteiger partial charge in [-0.15, -0.1) is 0 Å². The summed E-state index contributed by atoms with van der Waals surface area (Å²) in [5.41, 5.74) is 10.9. The zero-order chi connectivity index (χ0) is 20.0. The number of anilines is 1. The number of rotatable bonds is 4. The number of fused-ring (bicyclic) bond motifs is 2. The van der Waals surface area contributed by atoms with Gasteiger partial charge in [0.2, 0.25) is 0 Å². The maximum absolute atomic E-state index is 12.8. The number of carbonyl (C=O) groups is 2. The molecule has 1 aromatic heterocycles. The van der Waals surface area contributed by atoms with Crippen LogP contribution in [0.3, 0.4) is 0 Å². The van der Waals surface area contributed by atoms with Crippen LogP contribution in [0.2, 0.25) is 0 Å². The second kappa shape index (κ2) is 6.35. The quantitative estimate of drug-likeness (QED) is 0.415. The van der Waals surface area contributed by atoms with E-state index in [4.69, 9.17) is 11.0 Å². The molecule has 3 aromatic rings. The van der Waals surface area contributed by atoms with Crippen molar-refractivity contribution in [3.63, 3.8) is 0 Å². The van der Waals surface area contributed by atoms with Gasteiger partial charge in [-0.1, -0.05) is 18.7 Å². The molecule has 0 fully saturated rings. The molecule has 7 nitrogen and oxygen atoms in total. The van der Waals surface area contributed by atoms with E-state index in [9.17, 15) is 9.59 Å². The number of nitrogens with one attached hydrogen (secondary N) is 1. The van der Waals surface area contributed by atoms with E-state index in [0.29, 0.717) is 29.1 Å². The molecule has 0 atom stereocenters. The van der Waals surface area contributed by atoms with Crippen LogP contribution >= 0.6 is 0 Å². The number of ketones is 1. The first-order chi connectivity index (χ1) is 13.4. The van der Waals surface area contributed by atoms with Crippen LogP contribution in [0.4, 0.5) is 5.69 Å². The highest BCUT2D eigenvalue weighted by atomic mass is 16.2. The van der Waals surface area contributed by atoms with Crippen LogP contribution in [0.5, 0.6) is 0 Å². The predicted molar refractivity (Wildman–Crippen MR) is 105 cm³/mol. The fourth-order valence-electron chi connectivity index (χ4n) is 3.62. The van der Waals surface area contributed by atoms with E-state index in [1.165, 1.54) is 6.92 Å². The Morgan fingerprint density at radius 2 is 2.18 bits per heavy atom. The predicted octanol–water partition coefficient (Wildman–Crippen LogP) is 3.05. The van der Waals surface area contributed by atoms with Crippen molar-refractivity contribution in [1.29, 1.82) is 5.26 Å². The van der Waals surface area contributed by atoms with Gasteiger partial charge in [0.25, 0.3) is 5.91 Å². The number of hydrogen-bond donors (Lipinski definition) is 2. The second-order valence-electron chi connectivity index (χ2n) is 6.82. The van der Waals surface area contributed by atoms with Crippen molar-refractivity contribution in [3.8, 4) is 17.2 Å². The molecule has 0 saturated carbocycles. The number of H-pyrrole nitrogens is 1. The van der Waals surface area contributed by atoms with Crippen molar-refractivity contribution >= 4 is 28.3 Å². The van der Waals surface area contributed by atoms with Crippen molar-refractivity contribution in [3.05, 3.63) is 59.3 Å². The number of aromatic nitrogens is 2. The Morgan fingerprint density at radius 1 is 1.39 bits per heavy atom. The third-order valence-electron chi connectivity index (χ3n) is 4.94. The van der Waals surface area contributed by atoms with E-state index in [2.05, 4.69) is 16.8 Å². The lowest BCUT2D eigenvalue weighted by Crippen LogP contribution is -2.26. The van der Waals surface area contributed by atoms with Crippen molar-refractivity contribution in [1.82, 2.24) is 15.1 Å². The van der Waals surface area contributed by atoms with Crippen molar-refractivity contribution in [2.75, 3.05) is 12.3 Å². The number of nitrogens with zero attached hydrogens (tertiary/aromatic N) is 3. The molecule has 2 heterocycles. The van der Waals surface area contributed by atoms with Gasteiger partial charge in [0.15, 0.2) is 5.78 Å². The molecule has 0 spiro atoms. The molecule has 4 rings (SSSR count). The molecule has 0 aliphatic carbocycles. The normalized spacial score (nSPS) is 12.9. The minimum absolute atomic E-state index is 0.123. The van der Waals surface area contributed by atoms with Gasteiger partial charge in [-0.25, -0.2) is 0 Å². The molecule has 2 aromatic carbocycles. The number of Topliss-reactive ketones (excluding diaryl/α,β-unsaturated/α-hetero) is 1. The first-order valence-corrected chi connectivity index (χ1v) is 8.68. The van der Waals surface area contributed by atoms with Gasteiger partial charge in [-0.3, -0.25) is 14.7 Å². The summed E-state index contributed by atoms with van der Waals surface area (Å²) < 4.78 is 0. The number of nitrogens with two attached hydrogens (primary N) is 1. The minimum atomic E-state index is -0.209. The third kappa shape index (κ3) is 2.63. The third-order valence-corrected chi connectivity index (χ3v) is 4.94. The van der Waals surface area contributed by atoms with Crippen molar-refractivity contribution < 1.29 is 9.59 Å². The van der Waals surface area contributed by atoms with Gasteiger partial charge in [0, 0.05) is 30.1 Å². The molecule has 7 heteroatoms. The van der Waals surface area contributed by atoms with Gasteiger partial charge in [0.05, 0.1) is 23.7 Å². The molecule has 0 radical (unpaired) electrons. The van der Waals surface area contributed by atoms with Crippen molar-refractivity contribution in [2.45, 2.75) is 13.5 Å². The molecule has 3 N–H and O–H groups in total. The summed E-state index contributed by atoms with van der Waals surface area (Å²) in [4.78, 5) is 26.2. The van der Waals surface area contributed by atoms with Crippen LogP contribution in [-0.2, 0) is 6.54 Å². The number of carbonyl (C=O) groups excluding carboxylic acids is 2. The van der Waals surface area contributed by atoms with Gasteiger partial charge < -0.3 is 10.6 Å². The van der Waals surface area contributed by atoms with E-state index >= 15 is 0 Å². The number of amides is 1. The summed E-state index contributed by atoms with van der Waals surface area (Å²) in [5.74, 6) is -0.332. The highest BCUT2D eigenvalue weighted by Crippen LogP contribution is 2.37. The standard InChI is InChI=1S/C21H17N5O2/c1-11(8-22)9-26-10-16-14(4-5-17(23)19(16)21(26)28)13-3-6-18-15(7-13)20(12(2)27)25-24-18/h3-7H,1,9-10,23H2,2H3,(H,24,25). The summed E-state index contributed by atoms with van der Waals surface area (Å²) in [6.07, 6.45) is 0. The first-order valence-electron chi connectivity index (χ1n) is 8.68. The van der Waals surface area contributed by atoms with Gasteiger partial charge >= 0.3 is 0 Å². The topological polar surface area (TPSA) is 116 Å². The Labute approximate surface area is 161 Å².